The van der Waals surface area contributed by atoms with Crippen molar-refractivity contribution >= 4 is 35.2 Å². The van der Waals surface area contributed by atoms with E-state index < -0.39 is 8.07 Å². The van der Waals surface area contributed by atoms with Crippen LogP contribution in [0.15, 0.2) is 108 Å². The molecule has 3 nitrogen and oxygen atoms in total. The van der Waals surface area contributed by atoms with Crippen molar-refractivity contribution in [3.8, 4) is 33.6 Å². The summed E-state index contributed by atoms with van der Waals surface area (Å²) in [5.41, 5.74) is 13.4. The van der Waals surface area contributed by atoms with Crippen LogP contribution in [-0.4, -0.2) is 18.0 Å². The molecule has 4 aromatic carbocycles. The first kappa shape index (κ1) is 37.1. The molecule has 0 amide bonds. The third-order valence-corrected chi connectivity index (χ3v) is 11.3. The summed E-state index contributed by atoms with van der Waals surface area (Å²) in [6, 6.07) is 38.1. The number of nitrogens with zero attached hydrogens (tertiary/aromatic N) is 2. The Morgan fingerprint density at radius 2 is 1.46 bits per heavy atom. The number of rotatable bonds is 6. The van der Waals surface area contributed by atoms with Crippen molar-refractivity contribution in [2.45, 2.75) is 73.0 Å². The normalized spacial score (nSPS) is 11.5. The summed E-state index contributed by atoms with van der Waals surface area (Å²) in [5, 5.41) is 3.70. The summed E-state index contributed by atoms with van der Waals surface area (Å²) in [5.74, 6) is 0.980. The van der Waals surface area contributed by atoms with Crippen molar-refractivity contribution in [1.82, 2.24) is 9.97 Å². The standard InChI is InChI=1S/C28H24NO.C17H22NSi.Ir/c1-17(2)20-13-14-29-25(15-20)24-10-6-9-23-22-12-11-21(16-26(22)30-28(23)24)27-18(3)7-5-8-19(27)4;1-13(2)15-11-16(14-9-7-6-8-10-14)18-12-17(15)19(3,4)5;/h5-9,11-17H,1-4H3;6-9,11-13H,1-5H3;/q2*-1;. The predicted molar refractivity (Wildman–Crippen MR) is 210 cm³/mol. The first-order chi connectivity index (χ1) is 23.4. The van der Waals surface area contributed by atoms with Crippen LogP contribution in [0.25, 0.3) is 55.6 Å². The number of benzene rings is 4. The van der Waals surface area contributed by atoms with E-state index in [1.165, 1.54) is 38.6 Å². The molecule has 0 aliphatic rings. The minimum atomic E-state index is -1.34. The summed E-state index contributed by atoms with van der Waals surface area (Å²) < 4.78 is 6.41. The fraction of sp³-hybridized carbons (Fsp3) is 0.244. The topological polar surface area (TPSA) is 38.9 Å². The van der Waals surface area contributed by atoms with E-state index in [9.17, 15) is 0 Å². The largest absolute Gasteiger partial charge is 0.501 e. The summed E-state index contributed by atoms with van der Waals surface area (Å²) in [6.07, 6.45) is 3.97. The van der Waals surface area contributed by atoms with Gasteiger partial charge in [-0.1, -0.05) is 112 Å². The average molecular weight is 851 g/mol. The van der Waals surface area contributed by atoms with Crippen molar-refractivity contribution in [2.75, 3.05) is 0 Å². The van der Waals surface area contributed by atoms with E-state index in [1.807, 2.05) is 30.5 Å². The van der Waals surface area contributed by atoms with Crippen LogP contribution < -0.4 is 5.19 Å². The minimum Gasteiger partial charge on any atom is -0.501 e. The Morgan fingerprint density at radius 1 is 0.700 bits per heavy atom. The molecule has 0 N–H and O–H groups in total. The molecule has 0 unspecified atom stereocenters. The summed E-state index contributed by atoms with van der Waals surface area (Å²) in [7, 11) is -1.34. The van der Waals surface area contributed by atoms with Gasteiger partial charge >= 0.3 is 0 Å². The number of hydrogen-bond donors (Lipinski definition) is 0. The molecule has 0 fully saturated rings. The fourth-order valence-electron chi connectivity index (χ4n) is 6.58. The smallest absolute Gasteiger partial charge is 0.121 e. The van der Waals surface area contributed by atoms with Crippen molar-refractivity contribution in [1.29, 1.82) is 0 Å². The average Bonchev–Trinajstić information content (AvgIpc) is 3.46. The number of aryl methyl sites for hydroxylation is 2. The van der Waals surface area contributed by atoms with E-state index in [2.05, 4.69) is 156 Å². The van der Waals surface area contributed by atoms with Crippen LogP contribution in [0, 0.1) is 26.0 Å². The van der Waals surface area contributed by atoms with E-state index in [0.29, 0.717) is 11.8 Å². The van der Waals surface area contributed by atoms with Gasteiger partial charge in [-0.25, -0.2) is 0 Å². The van der Waals surface area contributed by atoms with Gasteiger partial charge in [0, 0.05) is 37.9 Å². The second kappa shape index (κ2) is 15.4. The maximum atomic E-state index is 6.41. The molecule has 0 saturated heterocycles. The van der Waals surface area contributed by atoms with Crippen molar-refractivity contribution < 1.29 is 24.5 Å². The van der Waals surface area contributed by atoms with Crippen LogP contribution in [0.4, 0.5) is 0 Å². The molecule has 0 spiro atoms. The molecule has 3 heterocycles. The number of fused-ring (bicyclic) bond motifs is 3. The molecule has 7 rings (SSSR count). The molecular weight excluding hydrogens is 805 g/mol. The summed E-state index contributed by atoms with van der Waals surface area (Å²) in [4.78, 5) is 9.27. The van der Waals surface area contributed by atoms with Gasteiger partial charge in [0.2, 0.25) is 0 Å². The van der Waals surface area contributed by atoms with Gasteiger partial charge in [0.05, 0.1) is 13.7 Å². The van der Waals surface area contributed by atoms with Crippen LogP contribution in [0.2, 0.25) is 19.6 Å². The predicted octanol–water partition coefficient (Wildman–Crippen LogP) is 12.1. The van der Waals surface area contributed by atoms with Gasteiger partial charge in [0.15, 0.2) is 0 Å². The third-order valence-electron chi connectivity index (χ3n) is 9.26. The maximum Gasteiger partial charge on any atom is 0.121 e. The Balaban J connectivity index is 0.000000211. The second-order valence-corrected chi connectivity index (χ2v) is 19.7. The Hall–Kier alpha value is -4.15. The van der Waals surface area contributed by atoms with Gasteiger partial charge in [-0.3, -0.25) is 0 Å². The molecule has 0 bridgehead atoms. The van der Waals surface area contributed by atoms with Gasteiger partial charge in [0.25, 0.3) is 0 Å². The van der Waals surface area contributed by atoms with E-state index in [0.717, 1.165) is 44.5 Å². The van der Waals surface area contributed by atoms with Gasteiger partial charge in [-0.2, -0.15) is 0 Å². The van der Waals surface area contributed by atoms with Crippen LogP contribution >= 0.6 is 0 Å². The van der Waals surface area contributed by atoms with E-state index in [4.69, 9.17) is 4.42 Å². The SMILES string of the molecule is CC(C)c1cc(-c2[c-]cccc2)ncc1[Si](C)(C)C.Cc1cccc(C)c1-c1ccc2c(c1)oc1c(-c3cc(C(C)C)ccn3)[c-]ccc12.[Ir]. The van der Waals surface area contributed by atoms with Crippen molar-refractivity contribution in [2.24, 2.45) is 0 Å². The quantitative estimate of drug-likeness (QED) is 0.124. The molecule has 7 aromatic rings. The molecule has 0 aliphatic carbocycles. The number of pyridine rings is 2. The Kier molecular flexibility index (Phi) is 11.4. The number of hydrogen-bond acceptors (Lipinski definition) is 3. The molecule has 257 valence electrons. The van der Waals surface area contributed by atoms with Gasteiger partial charge in [0.1, 0.15) is 5.58 Å². The van der Waals surface area contributed by atoms with Crippen LogP contribution in [-0.2, 0) is 20.1 Å². The zero-order chi connectivity index (χ0) is 34.9. The van der Waals surface area contributed by atoms with E-state index in [-0.39, 0.29) is 20.1 Å². The van der Waals surface area contributed by atoms with Crippen LogP contribution in [0.1, 0.15) is 61.8 Å². The minimum absolute atomic E-state index is 0. The molecule has 1 radical (unpaired) electrons. The van der Waals surface area contributed by atoms with E-state index in [1.54, 1.807) is 0 Å². The zero-order valence-corrected chi connectivity index (χ0v) is 34.0. The number of aromatic nitrogens is 2. The van der Waals surface area contributed by atoms with Crippen LogP contribution in [0.5, 0.6) is 0 Å². The Morgan fingerprint density at radius 3 is 2.12 bits per heavy atom. The van der Waals surface area contributed by atoms with Crippen molar-refractivity contribution in [3.63, 3.8) is 0 Å². The second-order valence-electron chi connectivity index (χ2n) is 14.6. The molecule has 3 aromatic heterocycles. The molecular formula is C45H46IrN2OSi-2. The first-order valence-electron chi connectivity index (χ1n) is 17.3. The molecule has 0 aliphatic heterocycles. The van der Waals surface area contributed by atoms with Gasteiger partial charge in [-0.15, -0.1) is 54.1 Å². The first-order valence-corrected chi connectivity index (χ1v) is 20.8. The monoisotopic (exact) mass is 851 g/mol. The van der Waals surface area contributed by atoms with Gasteiger partial charge < -0.3 is 14.4 Å². The molecule has 0 saturated carbocycles. The molecule has 50 heavy (non-hydrogen) atoms. The third kappa shape index (κ3) is 7.76. The maximum absolute atomic E-state index is 6.41. The fourth-order valence-corrected chi connectivity index (χ4v) is 8.25. The van der Waals surface area contributed by atoms with Gasteiger partial charge in [-0.05, 0) is 76.6 Å². The summed E-state index contributed by atoms with van der Waals surface area (Å²) in [6.45, 7) is 20.4. The van der Waals surface area contributed by atoms with Crippen molar-refractivity contribution in [3.05, 3.63) is 138 Å². The molecule has 0 atom stereocenters. The zero-order valence-electron chi connectivity index (χ0n) is 30.6. The Labute approximate surface area is 312 Å². The number of furan rings is 1. The van der Waals surface area contributed by atoms with E-state index >= 15 is 0 Å². The van der Waals surface area contributed by atoms with Crippen LogP contribution in [0.3, 0.4) is 0 Å². The molecule has 5 heteroatoms. The summed E-state index contributed by atoms with van der Waals surface area (Å²) >= 11 is 0. The Bertz CT molecular complexity index is 2230.